The van der Waals surface area contributed by atoms with E-state index in [1.165, 1.54) is 16.7 Å². The smallest absolute Gasteiger partial charge is 0.0967 e. The van der Waals surface area contributed by atoms with E-state index < -0.39 is 0 Å². The number of benzene rings is 1. The summed E-state index contributed by atoms with van der Waals surface area (Å²) in [5.41, 5.74) is 4.89. The highest BCUT2D eigenvalue weighted by atomic mass is 15.3. The minimum atomic E-state index is 0.569. The molecule has 2 aromatic rings. The standard InChI is InChI=1S/C16H23N3/c1-5-17-10-15-11-19(4)18-16(15)14-8-6-13(7-9-14)12(2)3/h6-9,11-12,17H,5,10H2,1-4H3. The maximum Gasteiger partial charge on any atom is 0.0967 e. The van der Waals surface area contributed by atoms with Crippen LogP contribution in [0.2, 0.25) is 0 Å². The van der Waals surface area contributed by atoms with E-state index in [1.807, 2.05) is 11.7 Å². The Kier molecular flexibility index (Phi) is 4.38. The Morgan fingerprint density at radius 2 is 1.89 bits per heavy atom. The first-order valence-electron chi connectivity index (χ1n) is 6.95. The van der Waals surface area contributed by atoms with Crippen molar-refractivity contribution in [2.24, 2.45) is 7.05 Å². The molecule has 19 heavy (non-hydrogen) atoms. The SMILES string of the molecule is CCNCc1cn(C)nc1-c1ccc(C(C)C)cc1. The fourth-order valence-electron chi connectivity index (χ4n) is 2.20. The third-order valence-corrected chi connectivity index (χ3v) is 3.32. The summed E-state index contributed by atoms with van der Waals surface area (Å²) >= 11 is 0. The Morgan fingerprint density at radius 1 is 1.21 bits per heavy atom. The first kappa shape index (κ1) is 13.8. The monoisotopic (exact) mass is 257 g/mol. The number of aryl methyl sites for hydroxylation is 1. The molecule has 1 aromatic carbocycles. The van der Waals surface area contributed by atoms with Gasteiger partial charge < -0.3 is 5.32 Å². The highest BCUT2D eigenvalue weighted by Crippen LogP contribution is 2.24. The van der Waals surface area contributed by atoms with Gasteiger partial charge in [-0.05, 0) is 18.0 Å². The topological polar surface area (TPSA) is 29.9 Å². The summed E-state index contributed by atoms with van der Waals surface area (Å²) in [5, 5.41) is 7.95. The second kappa shape index (κ2) is 6.02. The Morgan fingerprint density at radius 3 is 2.47 bits per heavy atom. The van der Waals surface area contributed by atoms with Gasteiger partial charge in [0.1, 0.15) is 0 Å². The van der Waals surface area contributed by atoms with Crippen molar-refractivity contribution in [3.8, 4) is 11.3 Å². The van der Waals surface area contributed by atoms with Gasteiger partial charge >= 0.3 is 0 Å². The molecule has 0 amide bonds. The summed E-state index contributed by atoms with van der Waals surface area (Å²) < 4.78 is 1.89. The van der Waals surface area contributed by atoms with Crippen LogP contribution < -0.4 is 5.32 Å². The van der Waals surface area contributed by atoms with Crippen molar-refractivity contribution in [1.82, 2.24) is 15.1 Å². The van der Waals surface area contributed by atoms with Gasteiger partial charge in [-0.25, -0.2) is 0 Å². The lowest BCUT2D eigenvalue weighted by molar-refractivity contribution is 0.724. The number of hydrogen-bond donors (Lipinski definition) is 1. The van der Waals surface area contributed by atoms with E-state index in [0.717, 1.165) is 18.8 Å². The summed E-state index contributed by atoms with van der Waals surface area (Å²) in [4.78, 5) is 0. The molecule has 0 saturated heterocycles. The zero-order valence-corrected chi connectivity index (χ0v) is 12.3. The Bertz CT molecular complexity index is 523. The molecule has 0 spiro atoms. The number of nitrogens with one attached hydrogen (secondary N) is 1. The van der Waals surface area contributed by atoms with Crippen LogP contribution in [0.25, 0.3) is 11.3 Å². The van der Waals surface area contributed by atoms with Crippen molar-refractivity contribution in [2.75, 3.05) is 6.54 Å². The zero-order valence-electron chi connectivity index (χ0n) is 12.3. The van der Waals surface area contributed by atoms with E-state index in [1.54, 1.807) is 0 Å². The van der Waals surface area contributed by atoms with Crippen molar-refractivity contribution >= 4 is 0 Å². The first-order chi connectivity index (χ1) is 9.11. The third-order valence-electron chi connectivity index (χ3n) is 3.32. The Hall–Kier alpha value is -1.61. The summed E-state index contributed by atoms with van der Waals surface area (Å²) in [6.07, 6.45) is 2.09. The molecule has 3 heteroatoms. The summed E-state index contributed by atoms with van der Waals surface area (Å²) in [5.74, 6) is 0.569. The van der Waals surface area contributed by atoms with Gasteiger partial charge in [-0.2, -0.15) is 5.10 Å². The summed E-state index contributed by atoms with van der Waals surface area (Å²) in [6.45, 7) is 8.39. The van der Waals surface area contributed by atoms with E-state index in [4.69, 9.17) is 0 Å². The van der Waals surface area contributed by atoms with Gasteiger partial charge in [0.15, 0.2) is 0 Å². The predicted molar refractivity (Wildman–Crippen MR) is 80.1 cm³/mol. The van der Waals surface area contributed by atoms with Crippen LogP contribution in [0.15, 0.2) is 30.5 Å². The maximum absolute atomic E-state index is 4.58. The molecule has 0 aliphatic carbocycles. The van der Waals surface area contributed by atoms with Crippen LogP contribution in [0.5, 0.6) is 0 Å². The van der Waals surface area contributed by atoms with E-state index >= 15 is 0 Å². The van der Waals surface area contributed by atoms with Crippen LogP contribution in [0, 0.1) is 0 Å². The van der Waals surface area contributed by atoms with Crippen LogP contribution in [0.3, 0.4) is 0 Å². The van der Waals surface area contributed by atoms with Gasteiger partial charge in [0, 0.05) is 30.9 Å². The molecular formula is C16H23N3. The lowest BCUT2D eigenvalue weighted by Crippen LogP contribution is -2.11. The van der Waals surface area contributed by atoms with Gasteiger partial charge in [-0.1, -0.05) is 45.0 Å². The summed E-state index contributed by atoms with van der Waals surface area (Å²) in [7, 11) is 1.97. The molecule has 0 bridgehead atoms. The number of hydrogen-bond acceptors (Lipinski definition) is 2. The van der Waals surface area contributed by atoms with E-state index in [-0.39, 0.29) is 0 Å². The Labute approximate surface area is 115 Å². The molecule has 0 atom stereocenters. The van der Waals surface area contributed by atoms with Crippen LogP contribution in [0.4, 0.5) is 0 Å². The molecule has 1 aromatic heterocycles. The molecule has 1 heterocycles. The van der Waals surface area contributed by atoms with Crippen molar-refractivity contribution < 1.29 is 0 Å². The van der Waals surface area contributed by atoms with Crippen molar-refractivity contribution in [1.29, 1.82) is 0 Å². The molecule has 2 rings (SSSR count). The van der Waals surface area contributed by atoms with E-state index in [0.29, 0.717) is 5.92 Å². The zero-order chi connectivity index (χ0) is 13.8. The second-order valence-electron chi connectivity index (χ2n) is 5.23. The average Bonchev–Trinajstić information content (AvgIpc) is 2.77. The highest BCUT2D eigenvalue weighted by Gasteiger charge is 2.10. The molecule has 3 nitrogen and oxygen atoms in total. The van der Waals surface area contributed by atoms with E-state index in [2.05, 4.69) is 61.6 Å². The quantitative estimate of drug-likeness (QED) is 0.890. The van der Waals surface area contributed by atoms with Gasteiger partial charge in [0.25, 0.3) is 0 Å². The van der Waals surface area contributed by atoms with Crippen LogP contribution in [-0.2, 0) is 13.6 Å². The van der Waals surface area contributed by atoms with Gasteiger partial charge in [0.2, 0.25) is 0 Å². The maximum atomic E-state index is 4.58. The molecule has 1 N–H and O–H groups in total. The van der Waals surface area contributed by atoms with Crippen LogP contribution in [-0.4, -0.2) is 16.3 Å². The van der Waals surface area contributed by atoms with Crippen molar-refractivity contribution in [2.45, 2.75) is 33.2 Å². The molecule has 0 aliphatic rings. The third kappa shape index (κ3) is 3.24. The second-order valence-corrected chi connectivity index (χ2v) is 5.23. The normalized spacial score (nSPS) is 11.2. The molecule has 0 saturated carbocycles. The first-order valence-corrected chi connectivity index (χ1v) is 6.95. The fraction of sp³-hybridized carbons (Fsp3) is 0.438. The van der Waals surface area contributed by atoms with Crippen LogP contribution in [0.1, 0.15) is 37.8 Å². The molecule has 0 aliphatic heterocycles. The molecule has 0 radical (unpaired) electrons. The van der Waals surface area contributed by atoms with Crippen molar-refractivity contribution in [3.05, 3.63) is 41.6 Å². The Balaban J connectivity index is 2.30. The predicted octanol–water partition coefficient (Wildman–Crippen LogP) is 3.32. The van der Waals surface area contributed by atoms with Gasteiger partial charge in [-0.15, -0.1) is 0 Å². The number of nitrogens with zero attached hydrogens (tertiary/aromatic N) is 2. The average molecular weight is 257 g/mol. The van der Waals surface area contributed by atoms with Gasteiger partial charge in [-0.3, -0.25) is 4.68 Å². The lowest BCUT2D eigenvalue weighted by atomic mass is 10.00. The molecule has 102 valence electrons. The van der Waals surface area contributed by atoms with Gasteiger partial charge in [0.05, 0.1) is 5.69 Å². The fourth-order valence-corrected chi connectivity index (χ4v) is 2.20. The lowest BCUT2D eigenvalue weighted by Gasteiger charge is -2.07. The highest BCUT2D eigenvalue weighted by molar-refractivity contribution is 5.63. The number of aromatic nitrogens is 2. The molecular weight excluding hydrogens is 234 g/mol. The van der Waals surface area contributed by atoms with Crippen molar-refractivity contribution in [3.63, 3.8) is 0 Å². The molecule has 0 fully saturated rings. The number of rotatable bonds is 5. The van der Waals surface area contributed by atoms with E-state index in [9.17, 15) is 0 Å². The minimum absolute atomic E-state index is 0.569. The largest absolute Gasteiger partial charge is 0.313 e. The van der Waals surface area contributed by atoms with Crippen LogP contribution >= 0.6 is 0 Å². The minimum Gasteiger partial charge on any atom is -0.313 e. The molecule has 0 unspecified atom stereocenters. The summed E-state index contributed by atoms with van der Waals surface area (Å²) in [6, 6.07) is 8.75.